The minimum absolute atomic E-state index is 0.0501. The molecule has 0 aliphatic carbocycles. The largest absolute Gasteiger partial charge is 0.467 e. The first-order chi connectivity index (χ1) is 9.91. The van der Waals surface area contributed by atoms with Gasteiger partial charge in [0.15, 0.2) is 0 Å². The number of sulfone groups is 1. The van der Waals surface area contributed by atoms with Crippen molar-refractivity contribution < 1.29 is 22.4 Å². The number of ether oxygens (including phenoxy) is 1. The zero-order chi connectivity index (χ0) is 17.1. The molecular weight excluding hydrogens is 306 g/mol. The van der Waals surface area contributed by atoms with E-state index in [0.717, 1.165) is 0 Å². The molecule has 1 heterocycles. The normalized spacial score (nSPS) is 15.2. The molecule has 0 saturated carbocycles. The summed E-state index contributed by atoms with van der Waals surface area (Å²) >= 11 is 0. The van der Waals surface area contributed by atoms with Crippen LogP contribution in [0.25, 0.3) is 0 Å². The van der Waals surface area contributed by atoms with Crippen molar-refractivity contribution >= 4 is 15.9 Å². The first kappa shape index (κ1) is 18.5. The first-order valence-electron chi connectivity index (χ1n) is 7.07. The molecule has 1 aromatic rings. The smallest absolute Gasteiger partial charge is 0.410 e. The predicted octanol–water partition coefficient (Wildman–Crippen LogP) is 2.87. The van der Waals surface area contributed by atoms with E-state index < -0.39 is 27.6 Å². The molecule has 1 aromatic heterocycles. The van der Waals surface area contributed by atoms with Crippen LogP contribution in [0, 0.1) is 5.92 Å². The van der Waals surface area contributed by atoms with Crippen molar-refractivity contribution in [3.63, 3.8) is 0 Å². The van der Waals surface area contributed by atoms with Gasteiger partial charge in [0.1, 0.15) is 21.2 Å². The average molecular weight is 331 g/mol. The lowest BCUT2D eigenvalue weighted by atomic mass is 10.0. The van der Waals surface area contributed by atoms with Gasteiger partial charge >= 0.3 is 6.09 Å². The maximum Gasteiger partial charge on any atom is 0.410 e. The number of nitrogens with zero attached hydrogens (tertiary/aromatic N) is 1. The molecule has 0 saturated heterocycles. The van der Waals surface area contributed by atoms with Crippen LogP contribution in [0.4, 0.5) is 4.79 Å². The minimum Gasteiger partial charge on any atom is -0.467 e. The molecule has 22 heavy (non-hydrogen) atoms. The van der Waals surface area contributed by atoms with E-state index in [-0.39, 0.29) is 11.7 Å². The van der Waals surface area contributed by atoms with Crippen LogP contribution in [0.1, 0.15) is 39.5 Å². The Morgan fingerprint density at radius 1 is 1.41 bits per heavy atom. The third-order valence-electron chi connectivity index (χ3n) is 3.04. The van der Waals surface area contributed by atoms with Crippen LogP contribution in [-0.4, -0.2) is 44.1 Å². The molecule has 0 bridgehead atoms. The Morgan fingerprint density at radius 2 is 2.00 bits per heavy atom. The van der Waals surface area contributed by atoms with Gasteiger partial charge in [-0.05, 0) is 38.8 Å². The Bertz CT molecular complexity index is 586. The molecule has 0 unspecified atom stereocenters. The monoisotopic (exact) mass is 331 g/mol. The second-order valence-corrected chi connectivity index (χ2v) is 8.81. The fourth-order valence-corrected chi connectivity index (χ4v) is 3.47. The van der Waals surface area contributed by atoms with Gasteiger partial charge in [-0.1, -0.05) is 6.92 Å². The SMILES string of the molecule is C[C@H](CS(C)(=O)=O)[C@@H](c1ccco1)N(C)C(=O)OC(C)(C)C. The highest BCUT2D eigenvalue weighted by molar-refractivity contribution is 7.90. The quantitative estimate of drug-likeness (QED) is 0.829. The van der Waals surface area contributed by atoms with Crippen LogP contribution in [0.15, 0.2) is 22.8 Å². The highest BCUT2D eigenvalue weighted by Gasteiger charge is 2.33. The number of hydrogen-bond donors (Lipinski definition) is 0. The average Bonchev–Trinajstić information content (AvgIpc) is 2.77. The minimum atomic E-state index is -3.17. The summed E-state index contributed by atoms with van der Waals surface area (Å²) in [6.07, 6.45) is 2.16. The van der Waals surface area contributed by atoms with Gasteiger partial charge in [-0.3, -0.25) is 0 Å². The van der Waals surface area contributed by atoms with Crippen LogP contribution in [0.3, 0.4) is 0 Å². The molecular formula is C15H25NO5S. The maximum atomic E-state index is 12.3. The summed E-state index contributed by atoms with van der Waals surface area (Å²) in [6.45, 7) is 7.11. The Hall–Kier alpha value is -1.50. The van der Waals surface area contributed by atoms with Crippen molar-refractivity contribution in [2.45, 2.75) is 39.3 Å². The molecule has 6 nitrogen and oxygen atoms in total. The van der Waals surface area contributed by atoms with Crippen LogP contribution in [0.5, 0.6) is 0 Å². The van der Waals surface area contributed by atoms with Gasteiger partial charge in [0, 0.05) is 13.3 Å². The van der Waals surface area contributed by atoms with Gasteiger partial charge in [-0.15, -0.1) is 0 Å². The Kier molecular flexibility index (Phi) is 5.67. The number of amides is 1. The van der Waals surface area contributed by atoms with Gasteiger partial charge in [0.05, 0.1) is 18.1 Å². The zero-order valence-corrected chi connectivity index (χ0v) is 14.8. The third kappa shape index (κ3) is 5.71. The van der Waals surface area contributed by atoms with E-state index in [1.54, 1.807) is 46.9 Å². The van der Waals surface area contributed by atoms with E-state index in [1.807, 2.05) is 0 Å². The summed E-state index contributed by atoms with van der Waals surface area (Å²) in [5, 5.41) is 0. The lowest BCUT2D eigenvalue weighted by Gasteiger charge is -2.32. The van der Waals surface area contributed by atoms with Crippen LogP contribution in [0.2, 0.25) is 0 Å². The van der Waals surface area contributed by atoms with E-state index in [0.29, 0.717) is 5.76 Å². The van der Waals surface area contributed by atoms with E-state index in [2.05, 4.69) is 0 Å². The number of furan rings is 1. The molecule has 1 rings (SSSR count). The summed E-state index contributed by atoms with van der Waals surface area (Å²) in [5.41, 5.74) is -0.626. The number of carbonyl (C=O) groups is 1. The predicted molar refractivity (Wildman–Crippen MR) is 84.3 cm³/mol. The van der Waals surface area contributed by atoms with Crippen molar-refractivity contribution in [3.05, 3.63) is 24.2 Å². The summed E-state index contributed by atoms with van der Waals surface area (Å²) in [4.78, 5) is 13.7. The molecule has 0 spiro atoms. The molecule has 0 N–H and O–H groups in total. The molecule has 2 atom stereocenters. The highest BCUT2D eigenvalue weighted by Crippen LogP contribution is 2.30. The molecule has 0 radical (unpaired) electrons. The van der Waals surface area contributed by atoms with Gasteiger partial charge < -0.3 is 14.1 Å². The lowest BCUT2D eigenvalue weighted by molar-refractivity contribution is 0.0153. The van der Waals surface area contributed by atoms with E-state index in [1.165, 1.54) is 17.4 Å². The maximum absolute atomic E-state index is 12.3. The van der Waals surface area contributed by atoms with Crippen molar-refractivity contribution in [2.24, 2.45) is 5.92 Å². The van der Waals surface area contributed by atoms with Gasteiger partial charge in [0.2, 0.25) is 0 Å². The van der Waals surface area contributed by atoms with Crippen molar-refractivity contribution in [1.29, 1.82) is 0 Å². The van der Waals surface area contributed by atoms with Gasteiger partial charge in [-0.2, -0.15) is 0 Å². The highest BCUT2D eigenvalue weighted by atomic mass is 32.2. The molecule has 0 aliphatic rings. The molecule has 126 valence electrons. The standard InChI is InChI=1S/C15H25NO5S/c1-11(10-22(6,18)19)13(12-8-7-9-20-12)16(5)14(17)21-15(2,3)4/h7-9,11,13H,10H2,1-6H3/t11-,13+/m1/s1. The van der Waals surface area contributed by atoms with E-state index in [9.17, 15) is 13.2 Å². The van der Waals surface area contributed by atoms with Crippen LogP contribution in [-0.2, 0) is 14.6 Å². The Labute approximate surface area is 132 Å². The topological polar surface area (TPSA) is 76.8 Å². The second-order valence-electron chi connectivity index (χ2n) is 6.62. The van der Waals surface area contributed by atoms with Gasteiger partial charge in [-0.25, -0.2) is 13.2 Å². The van der Waals surface area contributed by atoms with E-state index >= 15 is 0 Å². The first-order valence-corrected chi connectivity index (χ1v) is 9.13. The van der Waals surface area contributed by atoms with Crippen molar-refractivity contribution in [2.75, 3.05) is 19.1 Å². The summed E-state index contributed by atoms with van der Waals surface area (Å²) in [5.74, 6) is 0.147. The van der Waals surface area contributed by atoms with Crippen LogP contribution < -0.4 is 0 Å². The third-order valence-corrected chi connectivity index (χ3v) is 4.17. The van der Waals surface area contributed by atoms with Crippen molar-refractivity contribution in [1.82, 2.24) is 4.90 Å². The zero-order valence-electron chi connectivity index (χ0n) is 14.0. The number of carbonyl (C=O) groups excluding carboxylic acids is 1. The fraction of sp³-hybridized carbons (Fsp3) is 0.667. The van der Waals surface area contributed by atoms with Gasteiger partial charge in [0.25, 0.3) is 0 Å². The number of hydrogen-bond acceptors (Lipinski definition) is 5. The van der Waals surface area contributed by atoms with E-state index in [4.69, 9.17) is 9.15 Å². The summed E-state index contributed by atoms with van der Waals surface area (Å²) < 4.78 is 33.9. The lowest BCUT2D eigenvalue weighted by Crippen LogP contribution is -2.40. The fourth-order valence-electron chi connectivity index (χ4n) is 2.33. The molecule has 0 fully saturated rings. The molecule has 0 aromatic carbocycles. The number of rotatable bonds is 5. The van der Waals surface area contributed by atoms with Crippen LogP contribution >= 0.6 is 0 Å². The molecule has 0 aliphatic heterocycles. The van der Waals surface area contributed by atoms with Crippen molar-refractivity contribution in [3.8, 4) is 0 Å². The summed E-state index contributed by atoms with van der Waals surface area (Å²) in [7, 11) is -1.59. The Morgan fingerprint density at radius 3 is 2.41 bits per heavy atom. The summed E-state index contributed by atoms with van der Waals surface area (Å²) in [6, 6.07) is 2.92. The molecule has 7 heteroatoms. The Balaban J connectivity index is 3.03. The second kappa shape index (κ2) is 6.73. The molecule has 1 amide bonds.